The minimum Gasteiger partial charge on any atom is -0.472 e. The Morgan fingerprint density at radius 1 is 1.19 bits per heavy atom. The van der Waals surface area contributed by atoms with Crippen LogP contribution >= 0.6 is 11.8 Å². The summed E-state index contributed by atoms with van der Waals surface area (Å²) < 4.78 is 6.15. The van der Waals surface area contributed by atoms with E-state index in [1.807, 2.05) is 48.7 Å². The van der Waals surface area contributed by atoms with E-state index in [4.69, 9.17) is 15.5 Å². The summed E-state index contributed by atoms with van der Waals surface area (Å²) >= 11 is 1.50. The highest BCUT2D eigenvalue weighted by molar-refractivity contribution is 7.99. The predicted octanol–water partition coefficient (Wildman–Crippen LogP) is 3.45. The van der Waals surface area contributed by atoms with E-state index < -0.39 is 5.91 Å². The predicted molar refractivity (Wildman–Crippen MR) is 126 cm³/mol. The Balaban J connectivity index is 1.57. The number of likely N-dealkylation sites (N-methyl/N-ethyl adjacent to an activating group) is 1. The van der Waals surface area contributed by atoms with Crippen LogP contribution in [0.2, 0.25) is 0 Å². The fraction of sp³-hybridized carbons (Fsp3) is 0.292. The standard InChI is InChI=1S/C24H27N5O2S/c1-28(2)19-12-13-29(15-19)24-26-14-21(32-20-10-8-18(9-11-20)22(25)30)23(27-24)31-16-17-6-4-3-5-7-17/h3-11,14,19H,12-13,15-16H2,1-2H3,(H2,25,30)/t19-/m1/s1. The second-order valence-electron chi connectivity index (χ2n) is 7.96. The summed E-state index contributed by atoms with van der Waals surface area (Å²) in [5.41, 5.74) is 6.90. The number of ether oxygens (including phenoxy) is 1. The van der Waals surface area contributed by atoms with Crippen molar-refractivity contribution in [3.05, 3.63) is 71.9 Å². The third-order valence-electron chi connectivity index (χ3n) is 5.47. The molecule has 0 spiro atoms. The fourth-order valence-corrected chi connectivity index (χ4v) is 4.38. The summed E-state index contributed by atoms with van der Waals surface area (Å²) in [4.78, 5) is 27.0. The smallest absolute Gasteiger partial charge is 0.248 e. The van der Waals surface area contributed by atoms with Gasteiger partial charge in [0, 0.05) is 29.6 Å². The quantitative estimate of drug-likeness (QED) is 0.564. The molecule has 0 radical (unpaired) electrons. The van der Waals surface area contributed by atoms with Crippen molar-refractivity contribution in [3.8, 4) is 5.88 Å². The van der Waals surface area contributed by atoms with E-state index in [2.05, 4.69) is 28.9 Å². The Morgan fingerprint density at radius 3 is 2.59 bits per heavy atom. The van der Waals surface area contributed by atoms with E-state index in [0.29, 0.717) is 30.0 Å². The Kier molecular flexibility index (Phi) is 6.92. The zero-order chi connectivity index (χ0) is 22.5. The topological polar surface area (TPSA) is 84.6 Å². The summed E-state index contributed by atoms with van der Waals surface area (Å²) in [5.74, 6) is 0.796. The van der Waals surface area contributed by atoms with Crippen molar-refractivity contribution >= 4 is 23.6 Å². The number of hydrogen-bond donors (Lipinski definition) is 1. The van der Waals surface area contributed by atoms with E-state index in [1.165, 1.54) is 11.8 Å². The third kappa shape index (κ3) is 5.38. The zero-order valence-corrected chi connectivity index (χ0v) is 19.1. The minimum atomic E-state index is -0.442. The average Bonchev–Trinajstić information content (AvgIpc) is 3.30. The molecule has 1 aliphatic rings. The molecule has 1 atom stereocenters. The van der Waals surface area contributed by atoms with Gasteiger partial charge in [-0.3, -0.25) is 4.79 Å². The molecule has 0 unspecified atom stereocenters. The van der Waals surface area contributed by atoms with E-state index in [-0.39, 0.29) is 0 Å². The molecule has 1 aromatic heterocycles. The first kappa shape index (κ1) is 22.1. The Bertz CT molecular complexity index is 1060. The van der Waals surface area contributed by atoms with E-state index in [9.17, 15) is 4.79 Å². The molecule has 2 heterocycles. The van der Waals surface area contributed by atoms with Crippen molar-refractivity contribution in [2.24, 2.45) is 5.73 Å². The number of rotatable bonds is 8. The first-order valence-electron chi connectivity index (χ1n) is 10.5. The molecule has 1 aliphatic heterocycles. The Labute approximate surface area is 192 Å². The van der Waals surface area contributed by atoms with Gasteiger partial charge in [-0.1, -0.05) is 42.1 Å². The van der Waals surface area contributed by atoms with E-state index in [1.54, 1.807) is 12.1 Å². The summed E-state index contributed by atoms with van der Waals surface area (Å²) in [6, 6.07) is 17.7. The first-order valence-corrected chi connectivity index (χ1v) is 11.3. The summed E-state index contributed by atoms with van der Waals surface area (Å²) in [6.45, 7) is 2.24. The zero-order valence-electron chi connectivity index (χ0n) is 18.3. The normalized spacial score (nSPS) is 15.8. The molecule has 0 aliphatic carbocycles. The fourth-order valence-electron chi connectivity index (χ4n) is 3.56. The Hall–Kier alpha value is -3.10. The number of benzene rings is 2. The molecule has 0 saturated carbocycles. The number of amides is 1. The first-order chi connectivity index (χ1) is 15.5. The molecule has 2 aromatic carbocycles. The van der Waals surface area contributed by atoms with Crippen molar-refractivity contribution in [2.45, 2.75) is 28.9 Å². The van der Waals surface area contributed by atoms with Crippen LogP contribution in [0.15, 0.2) is 70.6 Å². The van der Waals surface area contributed by atoms with Crippen LogP contribution < -0.4 is 15.4 Å². The molecule has 3 aromatic rings. The highest BCUT2D eigenvalue weighted by atomic mass is 32.2. The van der Waals surface area contributed by atoms with Crippen LogP contribution in [0.1, 0.15) is 22.3 Å². The number of primary amides is 1. The van der Waals surface area contributed by atoms with Gasteiger partial charge < -0.3 is 20.3 Å². The van der Waals surface area contributed by atoms with Crippen LogP contribution in [-0.2, 0) is 6.61 Å². The lowest BCUT2D eigenvalue weighted by Gasteiger charge is -2.21. The lowest BCUT2D eigenvalue weighted by Crippen LogP contribution is -2.32. The highest BCUT2D eigenvalue weighted by Crippen LogP contribution is 2.35. The molecule has 7 nitrogen and oxygen atoms in total. The van der Waals surface area contributed by atoms with Crippen molar-refractivity contribution < 1.29 is 9.53 Å². The van der Waals surface area contributed by atoms with E-state index in [0.717, 1.165) is 34.9 Å². The third-order valence-corrected chi connectivity index (χ3v) is 6.48. The van der Waals surface area contributed by atoms with Crippen molar-refractivity contribution in [3.63, 3.8) is 0 Å². The molecular weight excluding hydrogens is 422 g/mol. The second-order valence-corrected chi connectivity index (χ2v) is 9.07. The van der Waals surface area contributed by atoms with Gasteiger partial charge in [0.05, 0.1) is 11.1 Å². The lowest BCUT2D eigenvalue weighted by molar-refractivity contribution is 0.1000. The van der Waals surface area contributed by atoms with Crippen molar-refractivity contribution in [2.75, 3.05) is 32.1 Å². The van der Waals surface area contributed by atoms with Crippen LogP contribution in [0.25, 0.3) is 0 Å². The number of carbonyl (C=O) groups excluding carboxylic acids is 1. The second kappa shape index (κ2) is 10.0. The molecular formula is C24H27N5O2S. The van der Waals surface area contributed by atoms with Crippen molar-refractivity contribution in [1.29, 1.82) is 0 Å². The van der Waals surface area contributed by atoms with Gasteiger partial charge in [0.1, 0.15) is 6.61 Å². The summed E-state index contributed by atoms with van der Waals surface area (Å²) in [5, 5.41) is 0. The van der Waals surface area contributed by atoms with Crippen molar-refractivity contribution in [1.82, 2.24) is 14.9 Å². The van der Waals surface area contributed by atoms with Crippen LogP contribution in [-0.4, -0.2) is 54.0 Å². The van der Waals surface area contributed by atoms with Crippen LogP contribution in [0.4, 0.5) is 5.95 Å². The van der Waals surface area contributed by atoms with Gasteiger partial charge >= 0.3 is 0 Å². The number of aromatic nitrogens is 2. The van der Waals surface area contributed by atoms with Crippen LogP contribution in [0.5, 0.6) is 5.88 Å². The van der Waals surface area contributed by atoms with Gasteiger partial charge in [0.15, 0.2) is 0 Å². The van der Waals surface area contributed by atoms with Crippen LogP contribution in [0.3, 0.4) is 0 Å². The number of nitrogens with zero attached hydrogens (tertiary/aromatic N) is 4. The Morgan fingerprint density at radius 2 is 1.94 bits per heavy atom. The number of anilines is 1. The number of hydrogen-bond acceptors (Lipinski definition) is 7. The average molecular weight is 450 g/mol. The molecule has 1 saturated heterocycles. The van der Waals surface area contributed by atoms with Crippen LogP contribution in [0, 0.1) is 0 Å². The molecule has 2 N–H and O–H groups in total. The number of nitrogens with two attached hydrogens (primary N) is 1. The van der Waals surface area contributed by atoms with Gasteiger partial charge in [-0.15, -0.1) is 0 Å². The summed E-state index contributed by atoms with van der Waals surface area (Å²) in [6.07, 6.45) is 2.90. The molecule has 32 heavy (non-hydrogen) atoms. The monoisotopic (exact) mass is 449 g/mol. The van der Waals surface area contributed by atoms with E-state index >= 15 is 0 Å². The molecule has 1 fully saturated rings. The molecule has 8 heteroatoms. The van der Waals surface area contributed by atoms with Gasteiger partial charge in [0.25, 0.3) is 0 Å². The maximum absolute atomic E-state index is 11.3. The largest absolute Gasteiger partial charge is 0.472 e. The van der Waals surface area contributed by atoms with Gasteiger partial charge in [-0.25, -0.2) is 4.98 Å². The SMILES string of the molecule is CN(C)[C@@H]1CCN(c2ncc(Sc3ccc(C(N)=O)cc3)c(OCc3ccccc3)n2)C1. The molecule has 4 rings (SSSR count). The maximum Gasteiger partial charge on any atom is 0.248 e. The highest BCUT2D eigenvalue weighted by Gasteiger charge is 2.26. The van der Waals surface area contributed by atoms with Gasteiger partial charge in [-0.05, 0) is 50.3 Å². The summed E-state index contributed by atoms with van der Waals surface area (Å²) in [7, 11) is 4.21. The van der Waals surface area contributed by atoms with Gasteiger partial charge in [0.2, 0.25) is 17.7 Å². The lowest BCUT2D eigenvalue weighted by atomic mass is 10.2. The van der Waals surface area contributed by atoms with Gasteiger partial charge in [-0.2, -0.15) is 4.98 Å². The minimum absolute atomic E-state index is 0.422. The molecule has 1 amide bonds. The maximum atomic E-state index is 11.3. The molecule has 166 valence electrons. The number of carbonyl (C=O) groups is 1. The molecule has 0 bridgehead atoms.